The number of thiazole rings is 1. The highest BCUT2D eigenvalue weighted by Crippen LogP contribution is 2.27. The van der Waals surface area contributed by atoms with Crippen LogP contribution >= 0.6 is 24.0 Å². The van der Waals surface area contributed by atoms with Gasteiger partial charge in [-0.25, -0.2) is 9.97 Å². The Kier molecular flexibility index (Phi) is 2.00. The Bertz CT molecular complexity index is 614. The minimum absolute atomic E-state index is 0.743. The van der Waals surface area contributed by atoms with Crippen LogP contribution in [0.1, 0.15) is 0 Å². The lowest BCUT2D eigenvalue weighted by molar-refractivity contribution is 0.602. The van der Waals surface area contributed by atoms with Crippen LogP contribution in [0.15, 0.2) is 39.4 Å². The normalized spacial score (nSPS) is 11.0. The quantitative estimate of drug-likeness (QED) is 0.657. The highest BCUT2D eigenvalue weighted by atomic mass is 32.1. The summed E-state index contributed by atoms with van der Waals surface area (Å²) in [5.41, 5.74) is 2.68. The molecule has 0 spiro atoms. The predicted octanol–water partition coefficient (Wildman–Crippen LogP) is 3.24. The number of hydrogen-bond donors (Lipinski definition) is 1. The van der Waals surface area contributed by atoms with Gasteiger partial charge in [0, 0.05) is 10.9 Å². The molecular formula is C10H6N2OS2. The van der Waals surface area contributed by atoms with Crippen LogP contribution < -0.4 is 0 Å². The monoisotopic (exact) mass is 234 g/mol. The number of aromatic nitrogens is 2. The molecule has 74 valence electrons. The number of fused-ring (bicyclic) bond motifs is 1. The number of nitrogens with zero attached hydrogens (tertiary/aromatic N) is 2. The molecule has 0 aliphatic heterocycles. The summed E-state index contributed by atoms with van der Waals surface area (Å²) in [6.07, 6.45) is 1.44. The lowest BCUT2D eigenvalue weighted by atomic mass is 10.2. The molecule has 0 radical (unpaired) electrons. The SMILES string of the molecule is Sc1csc(-c2ccc3ncoc3c2)n1. The standard InChI is InChI=1S/C10H6N2OS2/c14-9-4-15-10(12-9)6-1-2-7-8(3-6)13-5-11-7/h1-5,14H. The van der Waals surface area contributed by atoms with Crippen molar-refractivity contribution in [1.82, 2.24) is 9.97 Å². The van der Waals surface area contributed by atoms with Gasteiger partial charge in [-0.1, -0.05) is 0 Å². The molecule has 0 saturated carbocycles. The Morgan fingerprint density at radius 2 is 2.27 bits per heavy atom. The Morgan fingerprint density at radius 1 is 1.33 bits per heavy atom. The predicted molar refractivity (Wildman–Crippen MR) is 62.4 cm³/mol. The maximum Gasteiger partial charge on any atom is 0.181 e. The fourth-order valence-electron chi connectivity index (χ4n) is 1.39. The summed E-state index contributed by atoms with van der Waals surface area (Å²) in [7, 11) is 0. The summed E-state index contributed by atoms with van der Waals surface area (Å²) < 4.78 is 5.23. The lowest BCUT2D eigenvalue weighted by Gasteiger charge is -1.94. The van der Waals surface area contributed by atoms with Crippen LogP contribution in [-0.2, 0) is 0 Å². The van der Waals surface area contributed by atoms with Gasteiger partial charge in [0.1, 0.15) is 15.6 Å². The molecule has 3 aromatic rings. The first-order valence-electron chi connectivity index (χ1n) is 4.31. The van der Waals surface area contributed by atoms with Crippen molar-refractivity contribution in [3.63, 3.8) is 0 Å². The minimum atomic E-state index is 0.743. The van der Waals surface area contributed by atoms with E-state index in [9.17, 15) is 0 Å². The molecule has 0 aliphatic carbocycles. The average Bonchev–Trinajstić information content (AvgIpc) is 2.84. The molecule has 0 aliphatic rings. The fourth-order valence-corrected chi connectivity index (χ4v) is 2.40. The zero-order valence-corrected chi connectivity index (χ0v) is 9.26. The van der Waals surface area contributed by atoms with E-state index < -0.39 is 0 Å². The van der Waals surface area contributed by atoms with Crippen LogP contribution in [0.2, 0.25) is 0 Å². The van der Waals surface area contributed by atoms with E-state index in [0.29, 0.717) is 0 Å². The van der Waals surface area contributed by atoms with Crippen molar-refractivity contribution in [2.75, 3.05) is 0 Å². The number of hydrogen-bond acceptors (Lipinski definition) is 5. The van der Waals surface area contributed by atoms with E-state index in [0.717, 1.165) is 26.7 Å². The topological polar surface area (TPSA) is 38.9 Å². The molecule has 0 amide bonds. The molecule has 15 heavy (non-hydrogen) atoms. The number of benzene rings is 1. The van der Waals surface area contributed by atoms with Crippen molar-refractivity contribution in [2.45, 2.75) is 5.03 Å². The summed E-state index contributed by atoms with van der Waals surface area (Å²) >= 11 is 5.74. The van der Waals surface area contributed by atoms with Crippen LogP contribution in [0.3, 0.4) is 0 Å². The molecule has 2 heterocycles. The third-order valence-electron chi connectivity index (χ3n) is 2.07. The van der Waals surface area contributed by atoms with Crippen LogP contribution in [-0.4, -0.2) is 9.97 Å². The average molecular weight is 234 g/mol. The molecule has 3 rings (SSSR count). The fraction of sp³-hybridized carbons (Fsp3) is 0. The molecule has 0 N–H and O–H groups in total. The molecule has 0 bridgehead atoms. The van der Waals surface area contributed by atoms with E-state index in [1.165, 1.54) is 6.39 Å². The number of oxazole rings is 1. The van der Waals surface area contributed by atoms with Gasteiger partial charge in [0.15, 0.2) is 12.0 Å². The van der Waals surface area contributed by atoms with Crippen molar-refractivity contribution in [1.29, 1.82) is 0 Å². The Hall–Kier alpha value is -1.33. The van der Waals surface area contributed by atoms with E-state index in [2.05, 4.69) is 22.6 Å². The van der Waals surface area contributed by atoms with Gasteiger partial charge in [-0.2, -0.15) is 0 Å². The molecule has 2 aromatic heterocycles. The molecule has 0 saturated heterocycles. The van der Waals surface area contributed by atoms with Crippen LogP contribution in [0.25, 0.3) is 21.7 Å². The summed E-state index contributed by atoms with van der Waals surface area (Å²) in [5, 5.41) is 3.59. The zero-order valence-electron chi connectivity index (χ0n) is 7.54. The Labute approximate surface area is 95.2 Å². The first-order valence-corrected chi connectivity index (χ1v) is 5.64. The van der Waals surface area contributed by atoms with Crippen molar-refractivity contribution in [2.24, 2.45) is 0 Å². The van der Waals surface area contributed by atoms with Crippen molar-refractivity contribution < 1.29 is 4.42 Å². The second-order valence-corrected chi connectivity index (χ2v) is 4.36. The second kappa shape index (κ2) is 3.36. The van der Waals surface area contributed by atoms with E-state index in [1.54, 1.807) is 11.3 Å². The lowest BCUT2D eigenvalue weighted by Crippen LogP contribution is -1.76. The second-order valence-electron chi connectivity index (χ2n) is 3.05. The summed E-state index contributed by atoms with van der Waals surface area (Å²) in [6.45, 7) is 0. The van der Waals surface area contributed by atoms with Gasteiger partial charge in [0.05, 0.1) is 0 Å². The van der Waals surface area contributed by atoms with Crippen molar-refractivity contribution in [3.05, 3.63) is 30.0 Å². The van der Waals surface area contributed by atoms with Gasteiger partial charge in [0.25, 0.3) is 0 Å². The number of rotatable bonds is 1. The van der Waals surface area contributed by atoms with Gasteiger partial charge in [-0.15, -0.1) is 24.0 Å². The maximum atomic E-state index is 5.23. The van der Waals surface area contributed by atoms with E-state index in [1.807, 2.05) is 23.6 Å². The van der Waals surface area contributed by atoms with Gasteiger partial charge in [-0.05, 0) is 18.2 Å². The van der Waals surface area contributed by atoms with E-state index >= 15 is 0 Å². The molecule has 0 atom stereocenters. The molecule has 5 heteroatoms. The van der Waals surface area contributed by atoms with Gasteiger partial charge >= 0.3 is 0 Å². The third-order valence-corrected chi connectivity index (χ3v) is 3.37. The molecular weight excluding hydrogens is 228 g/mol. The first-order chi connectivity index (χ1) is 7.33. The van der Waals surface area contributed by atoms with Crippen LogP contribution in [0.5, 0.6) is 0 Å². The Morgan fingerprint density at radius 3 is 3.07 bits per heavy atom. The third kappa shape index (κ3) is 1.53. The van der Waals surface area contributed by atoms with Gasteiger partial charge in [-0.3, -0.25) is 0 Å². The summed E-state index contributed by atoms with van der Waals surface area (Å²) in [4.78, 5) is 8.35. The molecule has 1 aromatic carbocycles. The van der Waals surface area contributed by atoms with E-state index in [4.69, 9.17) is 4.42 Å². The smallest absolute Gasteiger partial charge is 0.181 e. The largest absolute Gasteiger partial charge is 0.443 e. The van der Waals surface area contributed by atoms with Crippen molar-refractivity contribution >= 4 is 35.1 Å². The highest BCUT2D eigenvalue weighted by molar-refractivity contribution is 7.80. The summed E-state index contributed by atoms with van der Waals surface area (Å²) in [5.74, 6) is 0. The van der Waals surface area contributed by atoms with E-state index in [-0.39, 0.29) is 0 Å². The zero-order chi connectivity index (χ0) is 10.3. The Balaban J connectivity index is 2.18. The minimum Gasteiger partial charge on any atom is -0.443 e. The maximum absolute atomic E-state index is 5.23. The highest BCUT2D eigenvalue weighted by Gasteiger charge is 2.05. The van der Waals surface area contributed by atoms with Crippen LogP contribution in [0, 0.1) is 0 Å². The van der Waals surface area contributed by atoms with Gasteiger partial charge < -0.3 is 4.42 Å². The van der Waals surface area contributed by atoms with Crippen LogP contribution in [0.4, 0.5) is 0 Å². The molecule has 0 unspecified atom stereocenters. The number of thiol groups is 1. The summed E-state index contributed by atoms with van der Waals surface area (Å²) in [6, 6.07) is 5.85. The molecule has 0 fully saturated rings. The van der Waals surface area contributed by atoms with Gasteiger partial charge in [0.2, 0.25) is 0 Å². The first kappa shape index (κ1) is 8.94. The molecule has 3 nitrogen and oxygen atoms in total. The van der Waals surface area contributed by atoms with Crippen molar-refractivity contribution in [3.8, 4) is 10.6 Å².